The molecule has 0 unspecified atom stereocenters. The Labute approximate surface area is 166 Å². The summed E-state index contributed by atoms with van der Waals surface area (Å²) < 4.78 is 0. The summed E-state index contributed by atoms with van der Waals surface area (Å²) in [7, 11) is 0. The number of nitrogen functional groups attached to an aromatic ring is 1. The largest absolute Gasteiger partial charge is 0.397 e. The third-order valence-corrected chi connectivity index (χ3v) is 4.18. The highest BCUT2D eigenvalue weighted by Crippen LogP contribution is 2.20. The smallest absolute Gasteiger partial charge is 0.280 e. The van der Waals surface area contributed by atoms with Gasteiger partial charge in [0.05, 0.1) is 21.9 Å². The molecule has 7 heteroatoms. The van der Waals surface area contributed by atoms with Gasteiger partial charge >= 0.3 is 0 Å². The van der Waals surface area contributed by atoms with Crippen molar-refractivity contribution in [3.05, 3.63) is 106 Å². The molecule has 0 fully saturated rings. The molecule has 7 nitrogen and oxygen atoms in total. The highest BCUT2D eigenvalue weighted by Gasteiger charge is 2.16. The summed E-state index contributed by atoms with van der Waals surface area (Å²) >= 11 is 0. The Kier molecular flexibility index (Phi) is 5.80. The number of nitrogens with one attached hydrogen (secondary N) is 1. The van der Waals surface area contributed by atoms with Crippen molar-refractivity contribution in [3.63, 3.8) is 0 Å². The molecule has 144 valence electrons. The molecular weight excluding hydrogens is 370 g/mol. The quantitative estimate of drug-likeness (QED) is 0.215. The van der Waals surface area contributed by atoms with E-state index in [2.05, 4.69) is 5.32 Å². The van der Waals surface area contributed by atoms with Gasteiger partial charge in [0.15, 0.2) is 5.78 Å². The molecule has 3 aromatic carbocycles. The SMILES string of the molecule is Nc1ccccc1NC(=O)c1ccc(C=CC(=O)c2ccccc2[N+](=O)[O-])cc1. The van der Waals surface area contributed by atoms with E-state index in [-0.39, 0.29) is 17.2 Å². The Morgan fingerprint density at radius 3 is 2.28 bits per heavy atom. The van der Waals surface area contributed by atoms with Gasteiger partial charge in [-0.2, -0.15) is 0 Å². The van der Waals surface area contributed by atoms with Crippen LogP contribution in [-0.2, 0) is 0 Å². The Morgan fingerprint density at radius 1 is 0.931 bits per heavy atom. The van der Waals surface area contributed by atoms with Gasteiger partial charge < -0.3 is 11.1 Å². The van der Waals surface area contributed by atoms with Crippen LogP contribution in [0.2, 0.25) is 0 Å². The number of ketones is 1. The van der Waals surface area contributed by atoms with E-state index in [9.17, 15) is 19.7 Å². The molecule has 0 atom stereocenters. The lowest BCUT2D eigenvalue weighted by atomic mass is 10.1. The summed E-state index contributed by atoms with van der Waals surface area (Å²) in [6, 6.07) is 19.3. The van der Waals surface area contributed by atoms with E-state index in [1.54, 1.807) is 54.6 Å². The van der Waals surface area contributed by atoms with Gasteiger partial charge in [-0.05, 0) is 42.0 Å². The minimum Gasteiger partial charge on any atom is -0.397 e. The Balaban J connectivity index is 1.71. The number of hydrogen-bond acceptors (Lipinski definition) is 5. The molecular formula is C22H17N3O4. The Hall–Kier alpha value is -4.26. The van der Waals surface area contributed by atoms with Crippen molar-refractivity contribution in [3.8, 4) is 0 Å². The molecule has 0 bridgehead atoms. The van der Waals surface area contributed by atoms with Crippen molar-refractivity contribution in [2.24, 2.45) is 0 Å². The van der Waals surface area contributed by atoms with Crippen LogP contribution in [0.5, 0.6) is 0 Å². The van der Waals surface area contributed by atoms with Crippen LogP contribution in [0.3, 0.4) is 0 Å². The second-order valence-corrected chi connectivity index (χ2v) is 6.14. The molecule has 0 heterocycles. The number of allylic oxidation sites excluding steroid dienone is 1. The number of para-hydroxylation sites is 3. The second-order valence-electron chi connectivity index (χ2n) is 6.14. The summed E-state index contributed by atoms with van der Waals surface area (Å²) in [4.78, 5) is 35.1. The number of nitro groups is 1. The molecule has 3 rings (SSSR count). The van der Waals surface area contributed by atoms with Crippen LogP contribution in [0, 0.1) is 10.1 Å². The number of carbonyl (C=O) groups is 2. The molecule has 0 aliphatic carbocycles. The monoisotopic (exact) mass is 387 g/mol. The van der Waals surface area contributed by atoms with Gasteiger partial charge in [-0.15, -0.1) is 0 Å². The summed E-state index contributed by atoms with van der Waals surface area (Å²) in [6.45, 7) is 0. The highest BCUT2D eigenvalue weighted by molar-refractivity contribution is 6.09. The molecule has 1 amide bonds. The van der Waals surface area contributed by atoms with Gasteiger partial charge in [0, 0.05) is 11.6 Å². The molecule has 0 aliphatic rings. The maximum absolute atomic E-state index is 12.3. The van der Waals surface area contributed by atoms with Crippen LogP contribution in [0.25, 0.3) is 6.08 Å². The highest BCUT2D eigenvalue weighted by atomic mass is 16.6. The van der Waals surface area contributed by atoms with Crippen LogP contribution in [0.4, 0.5) is 17.1 Å². The standard InChI is InChI=1S/C22H17N3O4/c23-18-6-2-3-7-19(18)24-22(27)16-12-9-15(10-13-16)11-14-21(26)17-5-1-4-8-20(17)25(28)29/h1-14H,23H2,(H,24,27). The lowest BCUT2D eigenvalue weighted by Gasteiger charge is -2.08. The average Bonchev–Trinajstić information content (AvgIpc) is 2.74. The van der Waals surface area contributed by atoms with Gasteiger partial charge in [0.1, 0.15) is 0 Å². The molecule has 0 saturated carbocycles. The maximum atomic E-state index is 12.3. The minimum atomic E-state index is -0.589. The van der Waals surface area contributed by atoms with E-state index >= 15 is 0 Å². The number of benzene rings is 3. The van der Waals surface area contributed by atoms with Gasteiger partial charge in [0.2, 0.25) is 0 Å². The van der Waals surface area contributed by atoms with E-state index in [1.165, 1.54) is 30.4 Å². The first-order valence-electron chi connectivity index (χ1n) is 8.67. The number of nitrogens with zero attached hydrogens (tertiary/aromatic N) is 1. The van der Waals surface area contributed by atoms with E-state index in [4.69, 9.17) is 5.73 Å². The predicted molar refractivity (Wildman–Crippen MR) is 112 cm³/mol. The zero-order chi connectivity index (χ0) is 20.8. The molecule has 3 N–H and O–H groups in total. The number of amides is 1. The number of nitro benzene ring substituents is 1. The van der Waals surface area contributed by atoms with E-state index < -0.39 is 10.7 Å². The van der Waals surface area contributed by atoms with Crippen molar-refractivity contribution in [2.45, 2.75) is 0 Å². The maximum Gasteiger partial charge on any atom is 0.280 e. The Morgan fingerprint density at radius 2 is 1.59 bits per heavy atom. The topological polar surface area (TPSA) is 115 Å². The fourth-order valence-corrected chi connectivity index (χ4v) is 2.65. The minimum absolute atomic E-state index is 0.0187. The normalized spacial score (nSPS) is 10.6. The zero-order valence-corrected chi connectivity index (χ0v) is 15.2. The van der Waals surface area contributed by atoms with Crippen LogP contribution in [0.15, 0.2) is 78.9 Å². The third kappa shape index (κ3) is 4.72. The van der Waals surface area contributed by atoms with E-state index in [0.717, 1.165) is 0 Å². The van der Waals surface area contributed by atoms with Crippen molar-refractivity contribution in [2.75, 3.05) is 11.1 Å². The predicted octanol–water partition coefficient (Wildman–Crippen LogP) is 4.33. The number of rotatable bonds is 6. The molecule has 3 aromatic rings. The van der Waals surface area contributed by atoms with Gasteiger partial charge in [-0.3, -0.25) is 19.7 Å². The number of carbonyl (C=O) groups excluding carboxylic acids is 2. The fourth-order valence-electron chi connectivity index (χ4n) is 2.65. The van der Waals surface area contributed by atoms with E-state index in [0.29, 0.717) is 22.5 Å². The summed E-state index contributed by atoms with van der Waals surface area (Å²) in [5.74, 6) is -0.784. The van der Waals surface area contributed by atoms with Gasteiger partial charge in [-0.25, -0.2) is 0 Å². The first-order chi connectivity index (χ1) is 14.0. The van der Waals surface area contributed by atoms with Gasteiger partial charge in [0.25, 0.3) is 11.6 Å². The van der Waals surface area contributed by atoms with Crippen molar-refractivity contribution >= 4 is 34.8 Å². The molecule has 29 heavy (non-hydrogen) atoms. The number of anilines is 2. The molecule has 0 aliphatic heterocycles. The van der Waals surface area contributed by atoms with Crippen molar-refractivity contribution in [1.82, 2.24) is 0 Å². The van der Waals surface area contributed by atoms with Gasteiger partial charge in [-0.1, -0.05) is 42.5 Å². The fraction of sp³-hybridized carbons (Fsp3) is 0. The van der Waals surface area contributed by atoms with Crippen LogP contribution in [0.1, 0.15) is 26.3 Å². The molecule has 0 radical (unpaired) electrons. The van der Waals surface area contributed by atoms with E-state index in [1.807, 2.05) is 0 Å². The number of nitrogens with two attached hydrogens (primary N) is 1. The summed E-state index contributed by atoms with van der Waals surface area (Å²) in [5.41, 5.74) is 7.69. The average molecular weight is 387 g/mol. The second kappa shape index (κ2) is 8.62. The summed E-state index contributed by atoms with van der Waals surface area (Å²) in [5, 5.41) is 13.8. The van der Waals surface area contributed by atoms with Crippen LogP contribution >= 0.6 is 0 Å². The third-order valence-electron chi connectivity index (χ3n) is 4.18. The molecule has 0 saturated heterocycles. The first-order valence-corrected chi connectivity index (χ1v) is 8.67. The van der Waals surface area contributed by atoms with Crippen molar-refractivity contribution in [1.29, 1.82) is 0 Å². The first kappa shape index (κ1) is 19.5. The molecule has 0 spiro atoms. The summed E-state index contributed by atoms with van der Waals surface area (Å²) in [6.07, 6.45) is 2.80. The van der Waals surface area contributed by atoms with Crippen LogP contribution in [-0.4, -0.2) is 16.6 Å². The van der Waals surface area contributed by atoms with Crippen LogP contribution < -0.4 is 11.1 Å². The lowest BCUT2D eigenvalue weighted by Crippen LogP contribution is -2.12. The zero-order valence-electron chi connectivity index (χ0n) is 15.2. The van der Waals surface area contributed by atoms with Crippen molar-refractivity contribution < 1.29 is 14.5 Å². The number of hydrogen-bond donors (Lipinski definition) is 2. The Bertz CT molecular complexity index is 1110. The molecule has 0 aromatic heterocycles. The lowest BCUT2D eigenvalue weighted by molar-refractivity contribution is -0.385.